The molecule has 2 nitrogen and oxygen atoms in total. The highest BCUT2D eigenvalue weighted by Gasteiger charge is 2.16. The van der Waals surface area contributed by atoms with Crippen molar-refractivity contribution < 1.29 is 0 Å². The minimum atomic E-state index is 0.256. The molecule has 1 heterocycles. The molecule has 112 valence electrons. The molecule has 1 unspecified atom stereocenters. The number of rotatable bonds is 6. The third-order valence-corrected chi connectivity index (χ3v) is 4.43. The lowest BCUT2D eigenvalue weighted by atomic mass is 9.95. The lowest BCUT2D eigenvalue weighted by Crippen LogP contribution is -2.24. The van der Waals surface area contributed by atoms with Crippen LogP contribution < -0.4 is 5.32 Å². The summed E-state index contributed by atoms with van der Waals surface area (Å²) in [7, 11) is 0. The van der Waals surface area contributed by atoms with Crippen LogP contribution in [-0.2, 0) is 12.8 Å². The molecule has 0 saturated carbocycles. The summed E-state index contributed by atoms with van der Waals surface area (Å²) >= 11 is 9.82. The Morgan fingerprint density at radius 3 is 2.71 bits per heavy atom. The van der Waals surface area contributed by atoms with E-state index in [-0.39, 0.29) is 6.04 Å². The second-order valence-corrected chi connectivity index (χ2v) is 6.30. The number of halogens is 2. The Hall–Kier alpha value is -0.900. The number of nitrogens with zero attached hydrogens (tertiary/aromatic N) is 1. The molecular formula is C17H20BrClN2. The third kappa shape index (κ3) is 4.29. The van der Waals surface area contributed by atoms with Gasteiger partial charge in [-0.25, -0.2) is 0 Å². The van der Waals surface area contributed by atoms with Gasteiger partial charge in [0.05, 0.1) is 0 Å². The molecule has 0 aliphatic rings. The molecular weight excluding hydrogens is 348 g/mol. The SMILES string of the molecule is CCNC(Cc1ccc(Br)cc1Cl)c1ccncc1CC. The first-order valence-electron chi connectivity index (χ1n) is 7.25. The summed E-state index contributed by atoms with van der Waals surface area (Å²) in [6.07, 6.45) is 5.68. The molecule has 0 fully saturated rings. The lowest BCUT2D eigenvalue weighted by molar-refractivity contribution is 0.545. The first-order valence-corrected chi connectivity index (χ1v) is 8.42. The Morgan fingerprint density at radius 1 is 1.24 bits per heavy atom. The zero-order valence-corrected chi connectivity index (χ0v) is 14.7. The highest BCUT2D eigenvalue weighted by atomic mass is 79.9. The molecule has 0 radical (unpaired) electrons. The minimum absolute atomic E-state index is 0.256. The van der Waals surface area contributed by atoms with Crippen molar-refractivity contribution in [2.24, 2.45) is 0 Å². The maximum atomic E-state index is 6.36. The Bertz CT molecular complexity index is 601. The summed E-state index contributed by atoms with van der Waals surface area (Å²) < 4.78 is 1.01. The zero-order valence-electron chi connectivity index (χ0n) is 12.4. The molecule has 0 bridgehead atoms. The molecule has 0 amide bonds. The van der Waals surface area contributed by atoms with Gasteiger partial charge < -0.3 is 5.32 Å². The Morgan fingerprint density at radius 2 is 2.05 bits per heavy atom. The van der Waals surface area contributed by atoms with E-state index in [4.69, 9.17) is 11.6 Å². The van der Waals surface area contributed by atoms with E-state index < -0.39 is 0 Å². The molecule has 0 aliphatic heterocycles. The third-order valence-electron chi connectivity index (χ3n) is 3.59. The maximum Gasteiger partial charge on any atom is 0.0449 e. The van der Waals surface area contributed by atoms with Crippen LogP contribution in [0.25, 0.3) is 0 Å². The fraction of sp³-hybridized carbons (Fsp3) is 0.353. The number of pyridine rings is 1. The number of hydrogen-bond donors (Lipinski definition) is 1. The average Bonchev–Trinajstić information content (AvgIpc) is 2.49. The van der Waals surface area contributed by atoms with Gasteiger partial charge in [0.2, 0.25) is 0 Å². The molecule has 0 saturated heterocycles. The van der Waals surface area contributed by atoms with Crippen LogP contribution in [0.15, 0.2) is 41.1 Å². The lowest BCUT2D eigenvalue weighted by Gasteiger charge is -2.21. The summed E-state index contributed by atoms with van der Waals surface area (Å²) in [4.78, 5) is 4.23. The van der Waals surface area contributed by atoms with Crippen LogP contribution in [0.5, 0.6) is 0 Å². The van der Waals surface area contributed by atoms with Gasteiger partial charge in [0.1, 0.15) is 0 Å². The molecule has 1 N–H and O–H groups in total. The topological polar surface area (TPSA) is 24.9 Å². The summed E-state index contributed by atoms with van der Waals surface area (Å²) in [6, 6.07) is 8.44. The van der Waals surface area contributed by atoms with Gasteiger partial charge in [0, 0.05) is 27.9 Å². The molecule has 0 spiro atoms. The van der Waals surface area contributed by atoms with Crippen molar-refractivity contribution in [1.29, 1.82) is 0 Å². The predicted octanol–water partition coefficient (Wildman–Crippen LogP) is 4.95. The van der Waals surface area contributed by atoms with Crippen molar-refractivity contribution in [2.45, 2.75) is 32.7 Å². The van der Waals surface area contributed by atoms with E-state index in [1.807, 2.05) is 24.5 Å². The van der Waals surface area contributed by atoms with Crippen LogP contribution in [0.1, 0.15) is 36.6 Å². The van der Waals surface area contributed by atoms with Crippen molar-refractivity contribution >= 4 is 27.5 Å². The summed E-state index contributed by atoms with van der Waals surface area (Å²) in [5.41, 5.74) is 3.76. The van der Waals surface area contributed by atoms with Crippen LogP contribution in [0, 0.1) is 0 Å². The van der Waals surface area contributed by atoms with Crippen LogP contribution in [0.3, 0.4) is 0 Å². The van der Waals surface area contributed by atoms with E-state index in [0.29, 0.717) is 0 Å². The first-order chi connectivity index (χ1) is 10.2. The van der Waals surface area contributed by atoms with E-state index in [1.165, 1.54) is 11.1 Å². The van der Waals surface area contributed by atoms with Crippen molar-refractivity contribution in [3.05, 3.63) is 62.8 Å². The molecule has 4 heteroatoms. The van der Waals surface area contributed by atoms with Crippen molar-refractivity contribution in [3.63, 3.8) is 0 Å². The maximum absolute atomic E-state index is 6.36. The Labute approximate surface area is 140 Å². The average molecular weight is 368 g/mol. The number of aromatic nitrogens is 1. The van der Waals surface area contributed by atoms with Crippen molar-refractivity contribution in [1.82, 2.24) is 10.3 Å². The second-order valence-electron chi connectivity index (χ2n) is 4.98. The standard InChI is InChI=1S/C17H20BrClN2/c1-3-12-11-20-8-7-15(12)17(21-4-2)9-13-5-6-14(18)10-16(13)19/h5-8,10-11,17,21H,3-4,9H2,1-2H3. The molecule has 0 aliphatic carbocycles. The van der Waals surface area contributed by atoms with E-state index in [1.54, 1.807) is 0 Å². The summed E-state index contributed by atoms with van der Waals surface area (Å²) in [5.74, 6) is 0. The number of nitrogens with one attached hydrogen (secondary N) is 1. The van der Waals surface area contributed by atoms with Gasteiger partial charge in [-0.3, -0.25) is 4.98 Å². The van der Waals surface area contributed by atoms with E-state index >= 15 is 0 Å². The number of likely N-dealkylation sites (N-methyl/N-ethyl adjacent to an activating group) is 1. The fourth-order valence-corrected chi connectivity index (χ4v) is 3.27. The highest BCUT2D eigenvalue weighted by Crippen LogP contribution is 2.27. The van der Waals surface area contributed by atoms with E-state index in [9.17, 15) is 0 Å². The van der Waals surface area contributed by atoms with Crippen molar-refractivity contribution in [3.8, 4) is 0 Å². The predicted molar refractivity (Wildman–Crippen MR) is 92.9 cm³/mol. The number of aryl methyl sites for hydroxylation is 1. The van der Waals surface area contributed by atoms with Crippen LogP contribution in [-0.4, -0.2) is 11.5 Å². The smallest absolute Gasteiger partial charge is 0.0449 e. The molecule has 1 aromatic carbocycles. The number of benzene rings is 1. The van der Waals surface area contributed by atoms with Gasteiger partial charge in [-0.1, -0.05) is 47.4 Å². The molecule has 1 atom stereocenters. The largest absolute Gasteiger partial charge is 0.310 e. The van der Waals surface area contributed by atoms with Gasteiger partial charge in [-0.15, -0.1) is 0 Å². The highest BCUT2D eigenvalue weighted by molar-refractivity contribution is 9.10. The van der Waals surface area contributed by atoms with Gasteiger partial charge in [-0.2, -0.15) is 0 Å². The Kier molecular flexibility index (Phi) is 6.22. The van der Waals surface area contributed by atoms with E-state index in [0.717, 1.165) is 34.4 Å². The van der Waals surface area contributed by atoms with Gasteiger partial charge in [-0.05, 0) is 54.3 Å². The van der Waals surface area contributed by atoms with Crippen LogP contribution in [0.2, 0.25) is 5.02 Å². The Balaban J connectivity index is 2.30. The summed E-state index contributed by atoms with van der Waals surface area (Å²) in [5, 5.41) is 4.37. The minimum Gasteiger partial charge on any atom is -0.310 e. The monoisotopic (exact) mass is 366 g/mol. The van der Waals surface area contributed by atoms with Crippen LogP contribution in [0.4, 0.5) is 0 Å². The first kappa shape index (κ1) is 16.5. The normalized spacial score (nSPS) is 12.4. The molecule has 1 aromatic heterocycles. The van der Waals surface area contributed by atoms with E-state index in [2.05, 4.69) is 52.2 Å². The molecule has 2 aromatic rings. The molecule has 2 rings (SSSR count). The molecule has 21 heavy (non-hydrogen) atoms. The van der Waals surface area contributed by atoms with Gasteiger partial charge in [0.25, 0.3) is 0 Å². The summed E-state index contributed by atoms with van der Waals surface area (Å²) in [6.45, 7) is 5.21. The van der Waals surface area contributed by atoms with Crippen LogP contribution >= 0.6 is 27.5 Å². The zero-order chi connectivity index (χ0) is 15.2. The second kappa shape index (κ2) is 7.92. The quantitative estimate of drug-likeness (QED) is 0.781. The number of hydrogen-bond acceptors (Lipinski definition) is 2. The van der Waals surface area contributed by atoms with Gasteiger partial charge >= 0.3 is 0 Å². The van der Waals surface area contributed by atoms with Gasteiger partial charge in [0.15, 0.2) is 0 Å². The fourth-order valence-electron chi connectivity index (χ4n) is 2.52. The van der Waals surface area contributed by atoms with Crippen molar-refractivity contribution in [2.75, 3.05) is 6.54 Å².